The van der Waals surface area contributed by atoms with Crippen molar-refractivity contribution in [2.75, 3.05) is 5.75 Å². The number of fused-ring (bicyclic) bond motifs is 3. The largest absolute Gasteiger partial charge is 0.481 e. The summed E-state index contributed by atoms with van der Waals surface area (Å²) < 4.78 is 33.2. The Morgan fingerprint density at radius 3 is 2.39 bits per heavy atom. The molecule has 0 saturated heterocycles. The topological polar surface area (TPSA) is 84.6 Å². The highest BCUT2D eigenvalue weighted by molar-refractivity contribution is 7.98. The van der Waals surface area contributed by atoms with E-state index in [1.54, 1.807) is 43.3 Å². The molecule has 182 valence electrons. The van der Waals surface area contributed by atoms with E-state index in [1.165, 1.54) is 11.8 Å². The Balaban J connectivity index is 1.47. The van der Waals surface area contributed by atoms with Gasteiger partial charge in [0.05, 0.1) is 15.7 Å². The van der Waals surface area contributed by atoms with E-state index in [-0.39, 0.29) is 9.79 Å². The van der Waals surface area contributed by atoms with Crippen molar-refractivity contribution in [3.63, 3.8) is 0 Å². The number of benzene rings is 4. The average molecular weight is 517 g/mol. The fraction of sp³-hybridized carbons (Fsp3) is 0.138. The molecule has 0 amide bonds. The number of aliphatic carboxylic acids is 1. The number of carboxylic acids is 1. The fourth-order valence-corrected chi connectivity index (χ4v) is 6.57. The first-order chi connectivity index (χ1) is 17.3. The van der Waals surface area contributed by atoms with E-state index in [1.807, 2.05) is 54.6 Å². The van der Waals surface area contributed by atoms with Gasteiger partial charge in [-0.25, -0.2) is 8.42 Å². The Morgan fingerprint density at radius 2 is 1.58 bits per heavy atom. The van der Waals surface area contributed by atoms with Crippen LogP contribution < -0.4 is 0 Å². The van der Waals surface area contributed by atoms with Gasteiger partial charge in [0.2, 0.25) is 9.84 Å². The van der Waals surface area contributed by atoms with Gasteiger partial charge in [0.15, 0.2) is 0 Å². The van der Waals surface area contributed by atoms with Crippen molar-refractivity contribution >= 4 is 49.5 Å². The van der Waals surface area contributed by atoms with Gasteiger partial charge in [-0.1, -0.05) is 67.6 Å². The van der Waals surface area contributed by atoms with Crippen LogP contribution in [0.3, 0.4) is 0 Å². The van der Waals surface area contributed by atoms with Crippen LogP contribution in [-0.4, -0.2) is 25.2 Å². The predicted molar refractivity (Wildman–Crippen MR) is 144 cm³/mol. The molecule has 1 heterocycles. The smallest absolute Gasteiger partial charge is 0.307 e. The summed E-state index contributed by atoms with van der Waals surface area (Å²) in [5.41, 5.74) is 3.94. The molecule has 0 spiro atoms. The molecule has 0 radical (unpaired) electrons. The molecule has 7 heteroatoms. The monoisotopic (exact) mass is 516 g/mol. The standard InChI is InChI=1S/C29H24O5S2/c1-19(29(30)31)17-35-18-20-7-4-9-22(15-20)36(32,33)23-10-5-8-21(16-23)24-12-6-13-26-25-11-2-3-14-27(25)34-28(24)26/h2-16,19H,17-18H2,1H3,(H,30,31). The highest BCUT2D eigenvalue weighted by Crippen LogP contribution is 2.36. The van der Waals surface area contributed by atoms with Gasteiger partial charge in [0.25, 0.3) is 0 Å². The molecule has 1 aromatic heterocycles. The van der Waals surface area contributed by atoms with Gasteiger partial charge >= 0.3 is 5.97 Å². The Labute approximate surface area is 213 Å². The Kier molecular flexibility index (Phi) is 6.60. The van der Waals surface area contributed by atoms with E-state index in [0.29, 0.717) is 11.5 Å². The van der Waals surface area contributed by atoms with Crippen molar-refractivity contribution in [3.05, 3.63) is 96.6 Å². The molecule has 0 aliphatic heterocycles. The van der Waals surface area contributed by atoms with Crippen LogP contribution in [0.4, 0.5) is 0 Å². The number of rotatable bonds is 8. The third-order valence-corrected chi connectivity index (χ3v) is 9.15. The minimum atomic E-state index is -3.76. The predicted octanol–water partition coefficient (Wildman–Crippen LogP) is 7.04. The molecule has 0 aliphatic carbocycles. The number of para-hydroxylation sites is 2. The van der Waals surface area contributed by atoms with E-state index in [2.05, 4.69) is 0 Å². The van der Waals surface area contributed by atoms with Gasteiger partial charge in [-0.3, -0.25) is 4.79 Å². The quantitative estimate of drug-likeness (QED) is 0.238. The highest BCUT2D eigenvalue weighted by atomic mass is 32.2. The second-order valence-corrected chi connectivity index (χ2v) is 11.7. The third kappa shape index (κ3) is 4.64. The van der Waals surface area contributed by atoms with E-state index < -0.39 is 21.7 Å². The minimum Gasteiger partial charge on any atom is -0.481 e. The van der Waals surface area contributed by atoms with Crippen LogP contribution >= 0.6 is 11.8 Å². The van der Waals surface area contributed by atoms with Gasteiger partial charge in [0.1, 0.15) is 11.2 Å². The van der Waals surface area contributed by atoms with Crippen LogP contribution in [-0.2, 0) is 20.4 Å². The van der Waals surface area contributed by atoms with Crippen molar-refractivity contribution in [1.82, 2.24) is 0 Å². The summed E-state index contributed by atoms with van der Waals surface area (Å²) in [6, 6.07) is 27.5. The number of sulfone groups is 1. The number of carboxylic acid groups (broad SMARTS) is 1. The molecule has 0 bridgehead atoms. The zero-order valence-corrected chi connectivity index (χ0v) is 21.2. The number of hydrogen-bond acceptors (Lipinski definition) is 5. The van der Waals surface area contributed by atoms with Crippen molar-refractivity contribution in [2.45, 2.75) is 22.5 Å². The molecule has 1 N–H and O–H groups in total. The Hall–Kier alpha value is -3.55. The van der Waals surface area contributed by atoms with E-state index in [9.17, 15) is 13.2 Å². The minimum absolute atomic E-state index is 0.206. The van der Waals surface area contributed by atoms with Crippen LogP contribution in [0, 0.1) is 5.92 Å². The second kappa shape index (κ2) is 9.84. The maximum atomic E-state index is 13.5. The van der Waals surface area contributed by atoms with Crippen LogP contribution in [0.1, 0.15) is 12.5 Å². The third-order valence-electron chi connectivity index (χ3n) is 6.13. The molecule has 5 rings (SSSR count). The summed E-state index contributed by atoms with van der Waals surface area (Å²) in [5, 5.41) is 11.1. The van der Waals surface area contributed by atoms with Gasteiger partial charge in [0, 0.05) is 27.8 Å². The first kappa shape index (κ1) is 24.2. The zero-order valence-electron chi connectivity index (χ0n) is 19.5. The number of carbonyl (C=O) groups is 1. The maximum absolute atomic E-state index is 13.5. The molecule has 4 aromatic carbocycles. The Bertz CT molecular complexity index is 1680. The van der Waals surface area contributed by atoms with Crippen LogP contribution in [0.15, 0.2) is 105 Å². The summed E-state index contributed by atoms with van der Waals surface area (Å²) in [6.45, 7) is 1.66. The first-order valence-electron chi connectivity index (χ1n) is 11.5. The lowest BCUT2D eigenvalue weighted by Crippen LogP contribution is -2.11. The van der Waals surface area contributed by atoms with Gasteiger partial charge in [-0.05, 0) is 41.5 Å². The van der Waals surface area contributed by atoms with Crippen molar-refractivity contribution in [1.29, 1.82) is 0 Å². The molecule has 0 aliphatic rings. The molecular weight excluding hydrogens is 492 g/mol. The molecule has 5 nitrogen and oxygen atoms in total. The lowest BCUT2D eigenvalue weighted by atomic mass is 10.0. The summed E-state index contributed by atoms with van der Waals surface area (Å²) in [6.07, 6.45) is 0. The molecule has 1 atom stereocenters. The molecule has 36 heavy (non-hydrogen) atoms. The maximum Gasteiger partial charge on any atom is 0.307 e. The van der Waals surface area contributed by atoms with Crippen LogP contribution in [0.5, 0.6) is 0 Å². The fourth-order valence-electron chi connectivity index (χ4n) is 4.17. The van der Waals surface area contributed by atoms with Crippen molar-refractivity contribution in [3.8, 4) is 11.1 Å². The normalized spacial score (nSPS) is 12.7. The lowest BCUT2D eigenvalue weighted by molar-refractivity contribution is -0.140. The van der Waals surface area contributed by atoms with Gasteiger partial charge in [-0.15, -0.1) is 0 Å². The second-order valence-electron chi connectivity index (χ2n) is 8.71. The number of hydrogen-bond donors (Lipinski definition) is 1. The van der Waals surface area contributed by atoms with Crippen molar-refractivity contribution in [2.24, 2.45) is 5.92 Å². The summed E-state index contributed by atoms with van der Waals surface area (Å²) in [5.74, 6) is -0.297. The first-order valence-corrected chi connectivity index (χ1v) is 14.1. The number of thioether (sulfide) groups is 1. The average Bonchev–Trinajstić information content (AvgIpc) is 3.28. The molecule has 0 saturated carbocycles. The number of furan rings is 1. The summed E-state index contributed by atoms with van der Waals surface area (Å²) in [4.78, 5) is 11.5. The zero-order chi connectivity index (χ0) is 25.3. The van der Waals surface area contributed by atoms with Gasteiger partial charge in [-0.2, -0.15) is 11.8 Å². The van der Waals surface area contributed by atoms with E-state index in [0.717, 1.165) is 38.6 Å². The van der Waals surface area contributed by atoms with Gasteiger partial charge < -0.3 is 9.52 Å². The van der Waals surface area contributed by atoms with Crippen molar-refractivity contribution < 1.29 is 22.7 Å². The molecule has 0 fully saturated rings. The summed E-state index contributed by atoms with van der Waals surface area (Å²) in [7, 11) is -3.76. The molecule has 5 aromatic rings. The molecular formula is C29H24O5S2. The van der Waals surface area contributed by atoms with Crippen LogP contribution in [0.25, 0.3) is 33.1 Å². The highest BCUT2D eigenvalue weighted by Gasteiger charge is 2.20. The Morgan fingerprint density at radius 1 is 0.889 bits per heavy atom. The van der Waals surface area contributed by atoms with E-state index in [4.69, 9.17) is 9.52 Å². The van der Waals surface area contributed by atoms with Crippen LogP contribution in [0.2, 0.25) is 0 Å². The van der Waals surface area contributed by atoms with E-state index >= 15 is 0 Å². The lowest BCUT2D eigenvalue weighted by Gasteiger charge is -2.10. The molecule has 1 unspecified atom stereocenters. The summed E-state index contributed by atoms with van der Waals surface area (Å²) >= 11 is 1.47. The SMILES string of the molecule is CC(CSCc1cccc(S(=O)(=O)c2cccc(-c3cccc4c3oc3ccccc34)c2)c1)C(=O)O.